The van der Waals surface area contributed by atoms with Crippen LogP contribution in [0, 0.1) is 13.8 Å². The lowest BCUT2D eigenvalue weighted by atomic mass is 10.1. The zero-order chi connectivity index (χ0) is 17.5. The molecule has 1 aromatic carbocycles. The van der Waals surface area contributed by atoms with Crippen molar-refractivity contribution >= 4 is 11.9 Å². The van der Waals surface area contributed by atoms with Gasteiger partial charge in [-0.1, -0.05) is 18.2 Å². The first kappa shape index (κ1) is 17.6. The molecule has 2 aromatic rings. The van der Waals surface area contributed by atoms with Crippen LogP contribution in [0.2, 0.25) is 0 Å². The number of carbonyl (C=O) groups excluding carboxylic acids is 2. The van der Waals surface area contributed by atoms with Crippen LogP contribution in [-0.4, -0.2) is 36.6 Å². The zero-order valence-electron chi connectivity index (χ0n) is 14.1. The van der Waals surface area contributed by atoms with Gasteiger partial charge in [0.2, 0.25) is 0 Å². The number of nitrogens with one attached hydrogen (secondary N) is 2. The molecule has 0 fully saturated rings. The highest BCUT2D eigenvalue weighted by Gasteiger charge is 2.22. The van der Waals surface area contributed by atoms with Crippen LogP contribution in [0.4, 0.5) is 0 Å². The van der Waals surface area contributed by atoms with Crippen LogP contribution < -0.4 is 10.1 Å². The predicted molar refractivity (Wildman–Crippen MR) is 90.5 cm³/mol. The van der Waals surface area contributed by atoms with Gasteiger partial charge >= 0.3 is 5.97 Å². The SMILES string of the molecule is CCOC(=O)c1[nH]c(C)c(C(=O)NCCOc2ccccc2)c1C. The first-order chi connectivity index (χ1) is 11.5. The second-order valence-corrected chi connectivity index (χ2v) is 5.26. The number of hydrogen-bond donors (Lipinski definition) is 2. The molecule has 0 saturated carbocycles. The van der Waals surface area contributed by atoms with Gasteiger partial charge in [-0.3, -0.25) is 4.79 Å². The van der Waals surface area contributed by atoms with Gasteiger partial charge in [-0.05, 0) is 38.5 Å². The minimum atomic E-state index is -0.454. The third-order valence-electron chi connectivity index (χ3n) is 3.54. The third-order valence-corrected chi connectivity index (χ3v) is 3.54. The summed E-state index contributed by atoms with van der Waals surface area (Å²) in [5.74, 6) is 0.0587. The lowest BCUT2D eigenvalue weighted by Crippen LogP contribution is -2.28. The number of esters is 1. The zero-order valence-corrected chi connectivity index (χ0v) is 14.1. The Balaban J connectivity index is 1.93. The smallest absolute Gasteiger partial charge is 0.355 e. The van der Waals surface area contributed by atoms with E-state index in [1.807, 2.05) is 30.3 Å². The van der Waals surface area contributed by atoms with E-state index in [9.17, 15) is 9.59 Å². The van der Waals surface area contributed by atoms with Crippen molar-refractivity contribution in [1.29, 1.82) is 0 Å². The first-order valence-corrected chi connectivity index (χ1v) is 7.87. The van der Waals surface area contributed by atoms with Crippen molar-refractivity contribution in [1.82, 2.24) is 10.3 Å². The highest BCUT2D eigenvalue weighted by Crippen LogP contribution is 2.18. The Kier molecular flexibility index (Phi) is 6.01. The molecule has 2 N–H and O–H groups in total. The van der Waals surface area contributed by atoms with Gasteiger partial charge in [-0.25, -0.2) is 4.79 Å². The summed E-state index contributed by atoms with van der Waals surface area (Å²) in [5, 5.41) is 2.80. The van der Waals surface area contributed by atoms with Crippen molar-refractivity contribution in [2.24, 2.45) is 0 Å². The number of aromatic amines is 1. The predicted octanol–water partition coefficient (Wildman–Crippen LogP) is 2.62. The van der Waals surface area contributed by atoms with Crippen LogP contribution >= 0.6 is 0 Å². The lowest BCUT2D eigenvalue weighted by Gasteiger charge is -2.08. The number of aromatic nitrogens is 1. The van der Waals surface area contributed by atoms with Gasteiger partial charge in [-0.2, -0.15) is 0 Å². The number of rotatable bonds is 7. The quantitative estimate of drug-likeness (QED) is 0.604. The summed E-state index contributed by atoms with van der Waals surface area (Å²) in [6.45, 7) is 6.24. The fourth-order valence-corrected chi connectivity index (χ4v) is 2.44. The minimum Gasteiger partial charge on any atom is -0.492 e. The monoisotopic (exact) mass is 330 g/mol. The van der Waals surface area contributed by atoms with Crippen molar-refractivity contribution in [3.8, 4) is 5.75 Å². The largest absolute Gasteiger partial charge is 0.492 e. The molecule has 0 saturated heterocycles. The Morgan fingerprint density at radius 3 is 2.54 bits per heavy atom. The van der Waals surface area contributed by atoms with Gasteiger partial charge in [0.25, 0.3) is 5.91 Å². The molecular weight excluding hydrogens is 308 g/mol. The van der Waals surface area contributed by atoms with Crippen molar-refractivity contribution in [2.75, 3.05) is 19.8 Å². The molecule has 1 heterocycles. The molecule has 2 rings (SSSR count). The molecule has 0 aliphatic rings. The van der Waals surface area contributed by atoms with E-state index >= 15 is 0 Å². The van der Waals surface area contributed by atoms with Gasteiger partial charge in [-0.15, -0.1) is 0 Å². The molecule has 0 aliphatic heterocycles. The van der Waals surface area contributed by atoms with E-state index in [-0.39, 0.29) is 12.5 Å². The van der Waals surface area contributed by atoms with Gasteiger partial charge in [0.1, 0.15) is 18.1 Å². The molecule has 24 heavy (non-hydrogen) atoms. The number of H-pyrrole nitrogens is 1. The molecule has 6 nitrogen and oxygen atoms in total. The Hall–Kier alpha value is -2.76. The standard InChI is InChI=1S/C18H22N2O4/c1-4-23-18(22)16-12(2)15(13(3)20-16)17(21)19-10-11-24-14-8-6-5-7-9-14/h5-9,20H,4,10-11H2,1-3H3,(H,19,21). The van der Waals surface area contributed by atoms with Crippen molar-refractivity contribution in [2.45, 2.75) is 20.8 Å². The first-order valence-electron chi connectivity index (χ1n) is 7.87. The van der Waals surface area contributed by atoms with E-state index in [2.05, 4.69) is 10.3 Å². The van der Waals surface area contributed by atoms with Crippen molar-refractivity contribution in [3.63, 3.8) is 0 Å². The fourth-order valence-electron chi connectivity index (χ4n) is 2.44. The minimum absolute atomic E-state index is 0.242. The average molecular weight is 330 g/mol. The maximum absolute atomic E-state index is 12.4. The summed E-state index contributed by atoms with van der Waals surface area (Å²) in [6.07, 6.45) is 0. The topological polar surface area (TPSA) is 80.4 Å². The van der Waals surface area contributed by atoms with Crippen LogP contribution in [0.15, 0.2) is 30.3 Å². The number of benzene rings is 1. The molecule has 0 unspecified atom stereocenters. The van der Waals surface area contributed by atoms with E-state index in [1.165, 1.54) is 0 Å². The fraction of sp³-hybridized carbons (Fsp3) is 0.333. The van der Waals surface area contributed by atoms with Crippen LogP contribution in [0.25, 0.3) is 0 Å². The molecule has 0 aliphatic carbocycles. The summed E-state index contributed by atoms with van der Waals surface area (Å²) < 4.78 is 10.5. The Morgan fingerprint density at radius 1 is 1.17 bits per heavy atom. The normalized spacial score (nSPS) is 10.3. The van der Waals surface area contributed by atoms with E-state index in [1.54, 1.807) is 20.8 Å². The number of carbonyl (C=O) groups is 2. The Bertz CT molecular complexity index is 707. The highest BCUT2D eigenvalue weighted by molar-refractivity contribution is 6.01. The summed E-state index contributed by atoms with van der Waals surface area (Å²) >= 11 is 0. The van der Waals surface area contributed by atoms with Gasteiger partial charge in [0.15, 0.2) is 0 Å². The summed E-state index contributed by atoms with van der Waals surface area (Å²) in [6, 6.07) is 9.39. The van der Waals surface area contributed by atoms with Gasteiger partial charge < -0.3 is 19.8 Å². The third kappa shape index (κ3) is 4.16. The molecule has 1 amide bonds. The number of ether oxygens (including phenoxy) is 2. The number of para-hydroxylation sites is 1. The molecule has 0 atom stereocenters. The number of hydrogen-bond acceptors (Lipinski definition) is 4. The van der Waals surface area contributed by atoms with Crippen LogP contribution in [0.1, 0.15) is 39.0 Å². The Labute approximate surface area is 141 Å². The van der Waals surface area contributed by atoms with Crippen LogP contribution in [-0.2, 0) is 4.74 Å². The molecule has 0 radical (unpaired) electrons. The maximum Gasteiger partial charge on any atom is 0.355 e. The van der Waals surface area contributed by atoms with Gasteiger partial charge in [0.05, 0.1) is 18.7 Å². The number of aryl methyl sites for hydroxylation is 1. The van der Waals surface area contributed by atoms with Crippen LogP contribution in [0.5, 0.6) is 5.75 Å². The average Bonchev–Trinajstić information content (AvgIpc) is 2.87. The summed E-state index contributed by atoms with van der Waals surface area (Å²) in [5.41, 5.74) is 2.02. The highest BCUT2D eigenvalue weighted by atomic mass is 16.5. The van der Waals surface area contributed by atoms with Crippen LogP contribution in [0.3, 0.4) is 0 Å². The van der Waals surface area contributed by atoms with Crippen molar-refractivity contribution < 1.29 is 19.1 Å². The molecule has 1 aromatic heterocycles. The van der Waals surface area contributed by atoms with E-state index < -0.39 is 5.97 Å². The Morgan fingerprint density at radius 2 is 1.88 bits per heavy atom. The maximum atomic E-state index is 12.4. The van der Waals surface area contributed by atoms with Crippen molar-refractivity contribution in [3.05, 3.63) is 52.8 Å². The van der Waals surface area contributed by atoms with E-state index in [0.29, 0.717) is 35.7 Å². The molecule has 0 spiro atoms. The van der Waals surface area contributed by atoms with E-state index in [4.69, 9.17) is 9.47 Å². The summed E-state index contributed by atoms with van der Waals surface area (Å²) in [7, 11) is 0. The number of amides is 1. The second kappa shape index (κ2) is 8.19. The summed E-state index contributed by atoms with van der Waals surface area (Å²) in [4.78, 5) is 27.1. The molecular formula is C18H22N2O4. The second-order valence-electron chi connectivity index (χ2n) is 5.26. The van der Waals surface area contributed by atoms with E-state index in [0.717, 1.165) is 5.75 Å². The van der Waals surface area contributed by atoms with Gasteiger partial charge in [0, 0.05) is 5.69 Å². The molecule has 6 heteroatoms. The molecule has 128 valence electrons. The molecule has 0 bridgehead atoms. The lowest BCUT2D eigenvalue weighted by molar-refractivity contribution is 0.0519.